The molecule has 1 atom stereocenters. The maximum Gasteiger partial charge on any atom is 0.0639 e. The van der Waals surface area contributed by atoms with Gasteiger partial charge >= 0.3 is 0 Å². The summed E-state index contributed by atoms with van der Waals surface area (Å²) in [5, 5.41) is 4.65. The fourth-order valence-corrected chi connectivity index (χ4v) is 1.80. The summed E-state index contributed by atoms with van der Waals surface area (Å²) in [5.41, 5.74) is 1.06. The molecule has 1 aromatic rings. The Morgan fingerprint density at radius 1 is 1.36 bits per heavy atom. The predicted molar refractivity (Wildman–Crippen MR) is 63.2 cm³/mol. The second kappa shape index (κ2) is 5.59. The highest BCUT2D eigenvalue weighted by Gasteiger charge is 2.10. The summed E-state index contributed by atoms with van der Waals surface area (Å²) in [5.74, 6) is 0. The molecule has 0 aliphatic rings. The van der Waals surface area contributed by atoms with Gasteiger partial charge in [-0.3, -0.25) is 0 Å². The molecular weight excluding hydrogens is 217 g/mol. The fourth-order valence-electron chi connectivity index (χ4n) is 1.33. The summed E-state index contributed by atoms with van der Waals surface area (Å²) >= 11 is 12.0. The molecule has 78 valence electrons. The van der Waals surface area contributed by atoms with Crippen LogP contribution in [-0.4, -0.2) is 6.54 Å². The fraction of sp³-hybridized carbons (Fsp3) is 0.455. The quantitative estimate of drug-likeness (QED) is 0.825. The van der Waals surface area contributed by atoms with E-state index < -0.39 is 0 Å². The van der Waals surface area contributed by atoms with Crippen LogP contribution in [0.3, 0.4) is 0 Å². The lowest BCUT2D eigenvalue weighted by Crippen LogP contribution is -2.19. The van der Waals surface area contributed by atoms with E-state index in [-0.39, 0.29) is 6.04 Å². The summed E-state index contributed by atoms with van der Waals surface area (Å²) in [4.78, 5) is 0. The minimum absolute atomic E-state index is 0.251. The molecule has 14 heavy (non-hydrogen) atoms. The average molecular weight is 232 g/mol. The molecule has 0 heterocycles. The summed E-state index contributed by atoms with van der Waals surface area (Å²) in [6.07, 6.45) is 1.11. The Morgan fingerprint density at radius 2 is 2.07 bits per heavy atom. The third-order valence-electron chi connectivity index (χ3n) is 2.15. The number of nitrogens with one attached hydrogen (secondary N) is 1. The maximum atomic E-state index is 6.10. The van der Waals surface area contributed by atoms with Gasteiger partial charge in [-0.2, -0.15) is 0 Å². The number of halogens is 2. The van der Waals surface area contributed by atoms with Crippen molar-refractivity contribution in [2.45, 2.75) is 26.3 Å². The second-order valence-corrected chi connectivity index (χ2v) is 4.10. The van der Waals surface area contributed by atoms with Gasteiger partial charge in [-0.25, -0.2) is 0 Å². The lowest BCUT2D eigenvalue weighted by atomic mass is 10.1. The van der Waals surface area contributed by atoms with Crippen LogP contribution in [0.4, 0.5) is 0 Å². The summed E-state index contributed by atoms with van der Waals surface area (Å²) in [7, 11) is 0. The maximum absolute atomic E-state index is 6.10. The van der Waals surface area contributed by atoms with E-state index in [9.17, 15) is 0 Å². The van der Waals surface area contributed by atoms with E-state index in [4.69, 9.17) is 23.2 Å². The van der Waals surface area contributed by atoms with Crippen molar-refractivity contribution in [2.24, 2.45) is 0 Å². The lowest BCUT2D eigenvalue weighted by Gasteiger charge is -2.15. The van der Waals surface area contributed by atoms with E-state index in [0.29, 0.717) is 10.0 Å². The molecule has 0 bridgehead atoms. The molecule has 0 aromatic heterocycles. The van der Waals surface area contributed by atoms with Crippen LogP contribution in [0.15, 0.2) is 18.2 Å². The van der Waals surface area contributed by atoms with Crippen molar-refractivity contribution in [1.29, 1.82) is 0 Å². The zero-order chi connectivity index (χ0) is 10.6. The van der Waals surface area contributed by atoms with Gasteiger partial charge in [0.25, 0.3) is 0 Å². The highest BCUT2D eigenvalue weighted by Crippen LogP contribution is 2.29. The Morgan fingerprint density at radius 3 is 2.71 bits per heavy atom. The molecule has 0 saturated carbocycles. The van der Waals surface area contributed by atoms with Gasteiger partial charge in [-0.1, -0.05) is 42.3 Å². The standard InChI is InChI=1S/C11H15Cl2N/c1-3-7-14-8(2)9-5-4-6-10(12)11(9)13/h4-6,8,14H,3,7H2,1-2H3. The van der Waals surface area contributed by atoms with Crippen LogP contribution >= 0.6 is 23.2 Å². The van der Waals surface area contributed by atoms with E-state index in [1.807, 2.05) is 12.1 Å². The molecule has 1 rings (SSSR count). The van der Waals surface area contributed by atoms with Crippen molar-refractivity contribution in [1.82, 2.24) is 5.32 Å². The van der Waals surface area contributed by atoms with Crippen molar-refractivity contribution < 1.29 is 0 Å². The van der Waals surface area contributed by atoms with E-state index in [1.165, 1.54) is 0 Å². The normalized spacial score (nSPS) is 12.9. The smallest absolute Gasteiger partial charge is 0.0639 e. The van der Waals surface area contributed by atoms with Crippen molar-refractivity contribution in [3.8, 4) is 0 Å². The number of hydrogen-bond acceptors (Lipinski definition) is 1. The number of benzene rings is 1. The predicted octanol–water partition coefficient (Wildman–Crippen LogP) is 4.05. The second-order valence-electron chi connectivity index (χ2n) is 3.32. The van der Waals surface area contributed by atoms with Crippen molar-refractivity contribution in [3.05, 3.63) is 33.8 Å². The minimum atomic E-state index is 0.251. The Kier molecular flexibility index (Phi) is 4.73. The molecular formula is C11H15Cl2N. The van der Waals surface area contributed by atoms with Crippen molar-refractivity contribution >= 4 is 23.2 Å². The SMILES string of the molecule is CCCNC(C)c1cccc(Cl)c1Cl. The van der Waals surface area contributed by atoms with Crippen LogP contribution in [0.25, 0.3) is 0 Å². The number of rotatable bonds is 4. The molecule has 1 N–H and O–H groups in total. The van der Waals surface area contributed by atoms with Gasteiger partial charge in [-0.05, 0) is 31.5 Å². The molecule has 0 spiro atoms. The minimum Gasteiger partial charge on any atom is -0.310 e. The van der Waals surface area contributed by atoms with E-state index in [0.717, 1.165) is 18.5 Å². The van der Waals surface area contributed by atoms with Crippen molar-refractivity contribution in [3.63, 3.8) is 0 Å². The van der Waals surface area contributed by atoms with Crippen LogP contribution in [0.2, 0.25) is 10.0 Å². The van der Waals surface area contributed by atoms with Gasteiger partial charge in [0, 0.05) is 6.04 Å². The zero-order valence-electron chi connectivity index (χ0n) is 8.48. The third-order valence-corrected chi connectivity index (χ3v) is 2.98. The lowest BCUT2D eigenvalue weighted by molar-refractivity contribution is 0.571. The van der Waals surface area contributed by atoms with E-state index in [1.54, 1.807) is 6.07 Å². The summed E-state index contributed by atoms with van der Waals surface area (Å²) < 4.78 is 0. The first kappa shape index (κ1) is 11.8. The molecule has 0 aliphatic heterocycles. The molecule has 1 unspecified atom stereocenters. The van der Waals surface area contributed by atoms with Crippen LogP contribution < -0.4 is 5.32 Å². The Hall–Kier alpha value is -0.240. The van der Waals surface area contributed by atoms with E-state index >= 15 is 0 Å². The average Bonchev–Trinajstić information content (AvgIpc) is 2.18. The highest BCUT2D eigenvalue weighted by atomic mass is 35.5. The van der Waals surface area contributed by atoms with Gasteiger partial charge in [0.1, 0.15) is 0 Å². The molecule has 1 nitrogen and oxygen atoms in total. The van der Waals surface area contributed by atoms with Crippen LogP contribution in [0, 0.1) is 0 Å². The van der Waals surface area contributed by atoms with Gasteiger partial charge in [0.15, 0.2) is 0 Å². The number of hydrogen-bond donors (Lipinski definition) is 1. The van der Waals surface area contributed by atoms with Crippen molar-refractivity contribution in [2.75, 3.05) is 6.54 Å². The Labute approximate surface area is 95.4 Å². The van der Waals surface area contributed by atoms with Gasteiger partial charge in [0.2, 0.25) is 0 Å². The van der Waals surface area contributed by atoms with Gasteiger partial charge in [-0.15, -0.1) is 0 Å². The summed E-state index contributed by atoms with van der Waals surface area (Å²) in [6, 6.07) is 5.98. The summed E-state index contributed by atoms with van der Waals surface area (Å²) in [6.45, 7) is 5.22. The van der Waals surface area contributed by atoms with Crippen LogP contribution in [0.5, 0.6) is 0 Å². The van der Waals surface area contributed by atoms with Gasteiger partial charge in [0.05, 0.1) is 10.0 Å². The topological polar surface area (TPSA) is 12.0 Å². The molecule has 0 fully saturated rings. The molecule has 0 radical (unpaired) electrons. The van der Waals surface area contributed by atoms with Gasteiger partial charge < -0.3 is 5.32 Å². The highest BCUT2D eigenvalue weighted by molar-refractivity contribution is 6.42. The first-order valence-electron chi connectivity index (χ1n) is 4.84. The van der Waals surface area contributed by atoms with E-state index in [2.05, 4.69) is 19.2 Å². The molecule has 0 amide bonds. The largest absolute Gasteiger partial charge is 0.310 e. The monoisotopic (exact) mass is 231 g/mol. The first-order valence-corrected chi connectivity index (χ1v) is 5.59. The third kappa shape index (κ3) is 2.88. The molecule has 0 saturated heterocycles. The molecule has 3 heteroatoms. The molecule has 1 aromatic carbocycles. The Balaban J connectivity index is 2.79. The molecule has 0 aliphatic carbocycles. The first-order chi connectivity index (χ1) is 6.66. The van der Waals surface area contributed by atoms with Crippen LogP contribution in [-0.2, 0) is 0 Å². The zero-order valence-corrected chi connectivity index (χ0v) is 9.99. The Bertz CT molecular complexity index is 299. The van der Waals surface area contributed by atoms with Crippen LogP contribution in [0.1, 0.15) is 31.9 Å².